The zero-order valence-electron chi connectivity index (χ0n) is 6.34. The van der Waals surface area contributed by atoms with Crippen molar-refractivity contribution in [3.63, 3.8) is 0 Å². The molecule has 0 saturated heterocycles. The van der Waals surface area contributed by atoms with Gasteiger partial charge < -0.3 is 9.84 Å². The van der Waals surface area contributed by atoms with Crippen LogP contribution in [0.4, 0.5) is 0 Å². The van der Waals surface area contributed by atoms with Gasteiger partial charge in [0.05, 0.1) is 0 Å². The third-order valence-electron chi connectivity index (χ3n) is 0.948. The molecular formula is C7H11ClO3. The Morgan fingerprint density at radius 1 is 1.82 bits per heavy atom. The molecule has 0 bridgehead atoms. The van der Waals surface area contributed by atoms with Gasteiger partial charge in [0.25, 0.3) is 0 Å². The van der Waals surface area contributed by atoms with E-state index in [1.54, 1.807) is 0 Å². The molecule has 0 aromatic carbocycles. The molecule has 0 aliphatic carbocycles. The van der Waals surface area contributed by atoms with Crippen molar-refractivity contribution in [3.05, 3.63) is 12.2 Å². The maximum absolute atomic E-state index is 10.7. The van der Waals surface area contributed by atoms with Crippen LogP contribution in [0.1, 0.15) is 13.3 Å². The Labute approximate surface area is 70.6 Å². The number of hydrogen-bond donors (Lipinski definition) is 1. The minimum Gasteiger partial charge on any atom is -0.433 e. The molecule has 4 heteroatoms. The van der Waals surface area contributed by atoms with Crippen molar-refractivity contribution in [2.24, 2.45) is 0 Å². The number of rotatable bonds is 4. The van der Waals surface area contributed by atoms with Crippen LogP contribution >= 0.6 is 11.6 Å². The summed E-state index contributed by atoms with van der Waals surface area (Å²) in [5, 5.41) is 8.90. The summed E-state index contributed by atoms with van der Waals surface area (Å²) in [6.45, 7) is 4.86. The minimum atomic E-state index is -1.11. The number of carbonyl (C=O) groups excluding carboxylic acids is 1. The largest absolute Gasteiger partial charge is 0.433 e. The Kier molecular flexibility index (Phi) is 4.90. The van der Waals surface area contributed by atoms with Gasteiger partial charge in [-0.05, 0) is 6.92 Å². The first-order valence-corrected chi connectivity index (χ1v) is 3.72. The van der Waals surface area contributed by atoms with E-state index in [1.165, 1.54) is 6.92 Å². The molecule has 0 saturated carbocycles. The summed E-state index contributed by atoms with van der Waals surface area (Å²) in [5.41, 5.74) is 0.263. The van der Waals surface area contributed by atoms with Crippen molar-refractivity contribution in [3.8, 4) is 0 Å². The van der Waals surface area contributed by atoms with Crippen molar-refractivity contribution >= 4 is 17.6 Å². The summed E-state index contributed by atoms with van der Waals surface area (Å²) >= 11 is 5.29. The molecule has 0 aliphatic heterocycles. The summed E-state index contributed by atoms with van der Waals surface area (Å²) in [6.07, 6.45) is -0.877. The predicted octanol–water partition coefficient (Wildman–Crippen LogP) is 1.05. The number of aliphatic hydroxyl groups is 1. The second kappa shape index (κ2) is 5.16. The van der Waals surface area contributed by atoms with Crippen molar-refractivity contribution in [1.82, 2.24) is 0 Å². The van der Waals surface area contributed by atoms with Crippen LogP contribution in [0.15, 0.2) is 12.2 Å². The van der Waals surface area contributed by atoms with Crippen LogP contribution in [0.5, 0.6) is 0 Å². The number of esters is 1. The summed E-state index contributed by atoms with van der Waals surface area (Å²) in [7, 11) is 0. The van der Waals surface area contributed by atoms with Crippen LogP contribution in [0.3, 0.4) is 0 Å². The van der Waals surface area contributed by atoms with Crippen LogP contribution in [0.2, 0.25) is 0 Å². The average Bonchev–Trinajstić information content (AvgIpc) is 1.87. The van der Waals surface area contributed by atoms with E-state index in [4.69, 9.17) is 16.7 Å². The lowest BCUT2D eigenvalue weighted by Gasteiger charge is -2.09. The van der Waals surface area contributed by atoms with Gasteiger partial charge in [-0.2, -0.15) is 0 Å². The molecule has 0 radical (unpaired) electrons. The molecular weight excluding hydrogens is 168 g/mol. The van der Waals surface area contributed by atoms with Gasteiger partial charge in [-0.25, -0.2) is 4.79 Å². The Hall–Kier alpha value is -0.540. The molecule has 1 unspecified atom stereocenters. The van der Waals surface area contributed by atoms with E-state index in [1.807, 2.05) is 0 Å². The van der Waals surface area contributed by atoms with Gasteiger partial charge in [0.15, 0.2) is 0 Å². The third-order valence-corrected chi connectivity index (χ3v) is 1.17. The standard InChI is InChI=1S/C7H11ClO3/c1-5(2)7(10)11-6(9)3-4-8/h6,9H,1,3-4H2,2H3. The van der Waals surface area contributed by atoms with E-state index < -0.39 is 12.3 Å². The Bertz CT molecular complexity index is 156. The van der Waals surface area contributed by atoms with E-state index in [9.17, 15) is 4.79 Å². The fraction of sp³-hybridized carbons (Fsp3) is 0.571. The number of halogens is 1. The van der Waals surface area contributed by atoms with E-state index in [0.717, 1.165) is 0 Å². The van der Waals surface area contributed by atoms with Gasteiger partial charge in [0.2, 0.25) is 6.29 Å². The molecule has 0 aromatic heterocycles. The van der Waals surface area contributed by atoms with Crippen LogP contribution in [-0.2, 0) is 9.53 Å². The highest BCUT2D eigenvalue weighted by Gasteiger charge is 2.09. The van der Waals surface area contributed by atoms with Gasteiger partial charge in [0, 0.05) is 17.9 Å². The predicted molar refractivity (Wildman–Crippen MR) is 42.2 cm³/mol. The second-order valence-corrected chi connectivity index (χ2v) is 2.50. The Morgan fingerprint density at radius 2 is 2.36 bits per heavy atom. The lowest BCUT2D eigenvalue weighted by atomic mass is 10.3. The number of aliphatic hydroxyl groups excluding tert-OH is 1. The van der Waals surface area contributed by atoms with Crippen molar-refractivity contribution in [1.29, 1.82) is 0 Å². The third kappa shape index (κ3) is 4.81. The van der Waals surface area contributed by atoms with E-state index in [2.05, 4.69) is 11.3 Å². The van der Waals surface area contributed by atoms with Crippen LogP contribution in [-0.4, -0.2) is 23.2 Å². The maximum Gasteiger partial charge on any atom is 0.335 e. The van der Waals surface area contributed by atoms with E-state index in [0.29, 0.717) is 0 Å². The summed E-state index contributed by atoms with van der Waals surface area (Å²) in [4.78, 5) is 10.7. The number of alkyl halides is 1. The summed E-state index contributed by atoms with van der Waals surface area (Å²) in [5.74, 6) is -0.340. The highest BCUT2D eigenvalue weighted by Crippen LogP contribution is 2.00. The van der Waals surface area contributed by atoms with Crippen LogP contribution in [0, 0.1) is 0 Å². The first-order chi connectivity index (χ1) is 5.07. The normalized spacial score (nSPS) is 12.3. The first-order valence-electron chi connectivity index (χ1n) is 3.18. The fourth-order valence-corrected chi connectivity index (χ4v) is 0.563. The molecule has 64 valence electrons. The molecule has 1 N–H and O–H groups in total. The molecule has 0 rings (SSSR count). The molecule has 0 heterocycles. The smallest absolute Gasteiger partial charge is 0.335 e. The first kappa shape index (κ1) is 10.5. The lowest BCUT2D eigenvalue weighted by molar-refractivity contribution is -0.162. The lowest BCUT2D eigenvalue weighted by Crippen LogP contribution is -2.18. The number of carbonyl (C=O) groups is 1. The molecule has 3 nitrogen and oxygen atoms in total. The summed E-state index contributed by atoms with van der Waals surface area (Å²) in [6, 6.07) is 0. The van der Waals surface area contributed by atoms with E-state index >= 15 is 0 Å². The van der Waals surface area contributed by atoms with Crippen LogP contribution < -0.4 is 0 Å². The molecule has 11 heavy (non-hydrogen) atoms. The van der Waals surface area contributed by atoms with Gasteiger partial charge in [-0.15, -0.1) is 11.6 Å². The van der Waals surface area contributed by atoms with E-state index in [-0.39, 0.29) is 17.9 Å². The average molecular weight is 179 g/mol. The molecule has 0 spiro atoms. The quantitative estimate of drug-likeness (QED) is 0.303. The van der Waals surface area contributed by atoms with Crippen molar-refractivity contribution < 1.29 is 14.6 Å². The zero-order chi connectivity index (χ0) is 8.85. The Balaban J connectivity index is 3.66. The zero-order valence-corrected chi connectivity index (χ0v) is 7.10. The SMILES string of the molecule is C=C(C)C(=O)OC(O)CCCl. The number of hydrogen-bond acceptors (Lipinski definition) is 3. The topological polar surface area (TPSA) is 46.5 Å². The molecule has 0 aliphatic rings. The molecule has 0 fully saturated rings. The van der Waals surface area contributed by atoms with Gasteiger partial charge in [0.1, 0.15) is 0 Å². The highest BCUT2D eigenvalue weighted by atomic mass is 35.5. The second-order valence-electron chi connectivity index (χ2n) is 2.12. The monoisotopic (exact) mass is 178 g/mol. The van der Waals surface area contributed by atoms with Crippen molar-refractivity contribution in [2.75, 3.05) is 5.88 Å². The molecule has 0 aromatic rings. The molecule has 1 atom stereocenters. The highest BCUT2D eigenvalue weighted by molar-refractivity contribution is 6.17. The van der Waals surface area contributed by atoms with Crippen molar-refractivity contribution in [2.45, 2.75) is 19.6 Å². The summed E-state index contributed by atoms with van der Waals surface area (Å²) < 4.78 is 4.48. The fourth-order valence-electron chi connectivity index (χ4n) is 0.376. The van der Waals surface area contributed by atoms with Gasteiger partial charge >= 0.3 is 5.97 Å². The minimum absolute atomic E-state index is 0.237. The Morgan fingerprint density at radius 3 is 2.73 bits per heavy atom. The number of ether oxygens (including phenoxy) is 1. The van der Waals surface area contributed by atoms with Crippen LogP contribution in [0.25, 0.3) is 0 Å². The van der Waals surface area contributed by atoms with Gasteiger partial charge in [-0.1, -0.05) is 6.58 Å². The maximum atomic E-state index is 10.7. The van der Waals surface area contributed by atoms with Gasteiger partial charge in [-0.3, -0.25) is 0 Å². The molecule has 0 amide bonds.